The van der Waals surface area contributed by atoms with Gasteiger partial charge in [-0.3, -0.25) is 4.99 Å². The van der Waals surface area contributed by atoms with Gasteiger partial charge in [0.2, 0.25) is 0 Å². The zero-order chi connectivity index (χ0) is 18.7. The Morgan fingerprint density at radius 2 is 1.78 bits per heavy atom. The van der Waals surface area contributed by atoms with Crippen LogP contribution in [0.15, 0.2) is 4.99 Å². The predicted octanol–water partition coefficient (Wildman–Crippen LogP) is 2.39. The molecule has 154 valence electrons. The van der Waals surface area contributed by atoms with E-state index >= 15 is 0 Å². The van der Waals surface area contributed by atoms with Crippen molar-refractivity contribution in [2.75, 3.05) is 24.7 Å². The van der Waals surface area contributed by atoms with Crippen LogP contribution in [0.1, 0.15) is 70.6 Å². The summed E-state index contributed by atoms with van der Waals surface area (Å²) in [7, 11) is -2.84. The maximum atomic E-state index is 11.7. The van der Waals surface area contributed by atoms with E-state index in [0.29, 0.717) is 30.1 Å². The van der Waals surface area contributed by atoms with Crippen molar-refractivity contribution in [3.05, 3.63) is 0 Å². The minimum Gasteiger partial charge on any atom is -0.375 e. The molecule has 2 heterocycles. The summed E-state index contributed by atoms with van der Waals surface area (Å²) < 4.78 is 29.5. The molecule has 4 aliphatic rings. The van der Waals surface area contributed by atoms with Gasteiger partial charge in [-0.25, -0.2) is 8.42 Å². The Morgan fingerprint density at radius 1 is 1.00 bits per heavy atom. The Hall–Kier alpha value is -0.820. The number of aliphatic imine (C=N–C) groups is 1. The average molecular weight is 398 g/mol. The van der Waals surface area contributed by atoms with E-state index in [2.05, 4.69) is 10.6 Å². The molecule has 0 aromatic heterocycles. The van der Waals surface area contributed by atoms with Gasteiger partial charge in [-0.2, -0.15) is 0 Å². The summed E-state index contributed by atoms with van der Waals surface area (Å²) >= 11 is 0. The van der Waals surface area contributed by atoms with Crippen molar-refractivity contribution < 1.29 is 13.2 Å². The first kappa shape index (κ1) is 19.5. The Morgan fingerprint density at radius 3 is 2.44 bits per heavy atom. The Bertz CT molecular complexity index is 639. The second-order valence-electron chi connectivity index (χ2n) is 9.16. The van der Waals surface area contributed by atoms with E-state index in [4.69, 9.17) is 9.73 Å². The standard InChI is InChI=1S/C20H35N3O3S/c24-27(25)12-8-16(15-27)14-21-19(22-17-5-2-1-3-6-17)23-18-7-11-26-20(13-18)9-4-10-20/h16-18H,1-15H2,(H2,21,22,23). The highest BCUT2D eigenvalue weighted by molar-refractivity contribution is 7.91. The van der Waals surface area contributed by atoms with Crippen molar-refractivity contribution in [1.29, 1.82) is 0 Å². The molecule has 0 aromatic rings. The monoisotopic (exact) mass is 397 g/mol. The number of nitrogens with one attached hydrogen (secondary N) is 2. The minimum absolute atomic E-state index is 0.116. The average Bonchev–Trinajstić information content (AvgIpc) is 2.98. The second-order valence-corrected chi connectivity index (χ2v) is 11.4. The third-order valence-corrected chi connectivity index (χ3v) is 8.72. The van der Waals surface area contributed by atoms with Crippen LogP contribution in [0.3, 0.4) is 0 Å². The molecule has 2 atom stereocenters. The maximum absolute atomic E-state index is 11.7. The second kappa shape index (κ2) is 8.27. The molecule has 4 fully saturated rings. The first-order valence-corrected chi connectivity index (χ1v) is 12.8. The molecular weight excluding hydrogens is 362 g/mol. The van der Waals surface area contributed by atoms with Gasteiger partial charge in [0.05, 0.1) is 17.1 Å². The zero-order valence-electron chi connectivity index (χ0n) is 16.4. The molecule has 0 amide bonds. The SMILES string of the molecule is O=S1(=O)CCC(CN=C(NC2CCCCC2)NC2CCOC3(CCC3)C2)C1. The summed E-state index contributed by atoms with van der Waals surface area (Å²) in [6.07, 6.45) is 12.8. The van der Waals surface area contributed by atoms with Gasteiger partial charge in [0, 0.05) is 25.2 Å². The van der Waals surface area contributed by atoms with Crippen LogP contribution in [0.4, 0.5) is 0 Å². The number of sulfone groups is 1. The van der Waals surface area contributed by atoms with E-state index in [9.17, 15) is 8.42 Å². The fraction of sp³-hybridized carbons (Fsp3) is 0.950. The molecule has 2 unspecified atom stereocenters. The van der Waals surface area contributed by atoms with Crippen LogP contribution in [0.25, 0.3) is 0 Å². The van der Waals surface area contributed by atoms with Crippen LogP contribution in [-0.2, 0) is 14.6 Å². The van der Waals surface area contributed by atoms with E-state index in [1.807, 2.05) is 0 Å². The van der Waals surface area contributed by atoms with E-state index < -0.39 is 9.84 Å². The van der Waals surface area contributed by atoms with Gasteiger partial charge in [0.15, 0.2) is 15.8 Å². The van der Waals surface area contributed by atoms with Crippen LogP contribution in [0, 0.1) is 5.92 Å². The third-order valence-electron chi connectivity index (χ3n) is 6.88. The predicted molar refractivity (Wildman–Crippen MR) is 108 cm³/mol. The minimum atomic E-state index is -2.84. The van der Waals surface area contributed by atoms with Gasteiger partial charge in [-0.1, -0.05) is 19.3 Å². The summed E-state index contributed by atoms with van der Waals surface area (Å²) in [5.41, 5.74) is 0.116. The lowest BCUT2D eigenvalue weighted by molar-refractivity contribution is -0.134. The van der Waals surface area contributed by atoms with Gasteiger partial charge in [0.25, 0.3) is 0 Å². The molecule has 2 aliphatic heterocycles. The molecule has 0 bridgehead atoms. The van der Waals surface area contributed by atoms with Gasteiger partial charge < -0.3 is 15.4 Å². The van der Waals surface area contributed by atoms with Crippen LogP contribution in [0.5, 0.6) is 0 Å². The van der Waals surface area contributed by atoms with Crippen molar-refractivity contribution in [1.82, 2.24) is 10.6 Å². The smallest absolute Gasteiger partial charge is 0.191 e. The van der Waals surface area contributed by atoms with Crippen LogP contribution >= 0.6 is 0 Å². The maximum Gasteiger partial charge on any atom is 0.191 e. The molecule has 0 radical (unpaired) electrons. The van der Waals surface area contributed by atoms with Gasteiger partial charge in [-0.15, -0.1) is 0 Å². The molecule has 4 rings (SSSR count). The number of nitrogens with zero attached hydrogens (tertiary/aromatic N) is 1. The van der Waals surface area contributed by atoms with Gasteiger partial charge in [0.1, 0.15) is 0 Å². The Labute approximate surface area is 163 Å². The fourth-order valence-electron chi connectivity index (χ4n) is 5.07. The van der Waals surface area contributed by atoms with Crippen molar-refractivity contribution in [3.8, 4) is 0 Å². The molecule has 2 N–H and O–H groups in total. The van der Waals surface area contributed by atoms with Crippen molar-refractivity contribution in [3.63, 3.8) is 0 Å². The first-order valence-electron chi connectivity index (χ1n) is 10.9. The summed E-state index contributed by atoms with van der Waals surface area (Å²) in [5, 5.41) is 7.34. The molecule has 0 aromatic carbocycles. The largest absolute Gasteiger partial charge is 0.375 e. The lowest BCUT2D eigenvalue weighted by atomic mass is 9.74. The molecule has 2 aliphatic carbocycles. The number of hydrogen-bond donors (Lipinski definition) is 2. The highest BCUT2D eigenvalue weighted by Gasteiger charge is 2.42. The van der Waals surface area contributed by atoms with E-state index in [-0.39, 0.29) is 11.5 Å². The number of rotatable bonds is 4. The quantitative estimate of drug-likeness (QED) is 0.562. The Balaban J connectivity index is 1.38. The van der Waals surface area contributed by atoms with Crippen molar-refractivity contribution in [2.45, 2.75) is 88.3 Å². The van der Waals surface area contributed by atoms with E-state index in [1.54, 1.807) is 0 Å². The molecule has 1 spiro atoms. The Kier molecular flexibility index (Phi) is 5.97. The molecule has 2 saturated heterocycles. The fourth-order valence-corrected chi connectivity index (χ4v) is 6.92. The lowest BCUT2D eigenvalue weighted by Crippen LogP contribution is -2.55. The van der Waals surface area contributed by atoms with Crippen LogP contribution in [-0.4, -0.2) is 56.7 Å². The first-order chi connectivity index (χ1) is 13.0. The number of ether oxygens (including phenoxy) is 1. The third kappa shape index (κ3) is 5.17. The number of hydrogen-bond acceptors (Lipinski definition) is 4. The topological polar surface area (TPSA) is 79.8 Å². The van der Waals surface area contributed by atoms with Crippen LogP contribution in [0.2, 0.25) is 0 Å². The number of guanidine groups is 1. The molecule has 7 heteroatoms. The van der Waals surface area contributed by atoms with Crippen LogP contribution < -0.4 is 10.6 Å². The van der Waals surface area contributed by atoms with E-state index in [1.165, 1.54) is 51.4 Å². The molecule has 2 saturated carbocycles. The summed E-state index contributed by atoms with van der Waals surface area (Å²) in [4.78, 5) is 4.84. The summed E-state index contributed by atoms with van der Waals surface area (Å²) in [5.74, 6) is 1.70. The lowest BCUT2D eigenvalue weighted by Gasteiger charge is -2.47. The normalized spacial score (nSPS) is 33.6. The highest BCUT2D eigenvalue weighted by atomic mass is 32.2. The zero-order valence-corrected chi connectivity index (χ0v) is 17.2. The van der Waals surface area contributed by atoms with E-state index in [0.717, 1.165) is 31.8 Å². The molecule has 6 nitrogen and oxygen atoms in total. The summed E-state index contributed by atoms with van der Waals surface area (Å²) in [6.45, 7) is 1.44. The molecule has 27 heavy (non-hydrogen) atoms. The highest BCUT2D eigenvalue weighted by Crippen LogP contribution is 2.42. The van der Waals surface area contributed by atoms with Crippen molar-refractivity contribution >= 4 is 15.8 Å². The summed E-state index contributed by atoms with van der Waals surface area (Å²) in [6, 6.07) is 0.899. The molecular formula is C20H35N3O3S. The van der Waals surface area contributed by atoms with Gasteiger partial charge >= 0.3 is 0 Å². The van der Waals surface area contributed by atoms with Crippen molar-refractivity contribution in [2.24, 2.45) is 10.9 Å². The van der Waals surface area contributed by atoms with Gasteiger partial charge in [-0.05, 0) is 57.3 Å².